The van der Waals surface area contributed by atoms with Crippen LogP contribution in [0, 0.1) is 0 Å². The number of likely N-dealkylation sites (N-methyl/N-ethyl adjacent to an activating group) is 1. The number of nitrogens with zero attached hydrogens (tertiary/aromatic N) is 2. The molecule has 0 aliphatic carbocycles. The van der Waals surface area contributed by atoms with E-state index in [2.05, 4.69) is 15.7 Å². The summed E-state index contributed by atoms with van der Waals surface area (Å²) in [4.78, 5) is 17.6. The van der Waals surface area contributed by atoms with Crippen LogP contribution in [0.2, 0.25) is 0 Å². The average molecular weight is 257 g/mol. The van der Waals surface area contributed by atoms with Gasteiger partial charge < -0.3 is 15.0 Å². The first-order chi connectivity index (χ1) is 8.69. The predicted molar refractivity (Wildman–Crippen MR) is 69.9 cm³/mol. The van der Waals surface area contributed by atoms with Crippen LogP contribution in [0.4, 0.5) is 0 Å². The number of rotatable bonds is 6. The number of likely N-dealkylation sites (tertiary alicyclic amines) is 1. The lowest BCUT2D eigenvalue weighted by Gasteiger charge is -2.14. The van der Waals surface area contributed by atoms with Crippen LogP contribution >= 0.6 is 0 Å². The second kappa shape index (κ2) is 7.88. The summed E-state index contributed by atoms with van der Waals surface area (Å²) < 4.78 is 5.21. The van der Waals surface area contributed by atoms with Crippen LogP contribution in [0.25, 0.3) is 0 Å². The van der Waals surface area contributed by atoms with Crippen LogP contribution in [0.5, 0.6) is 0 Å². The third-order valence-corrected chi connectivity index (χ3v) is 2.80. The van der Waals surface area contributed by atoms with Gasteiger partial charge in [-0.25, -0.2) is 5.84 Å². The van der Waals surface area contributed by atoms with Crippen molar-refractivity contribution in [2.75, 3.05) is 33.4 Å². The summed E-state index contributed by atoms with van der Waals surface area (Å²) in [5.41, 5.74) is 2.48. The van der Waals surface area contributed by atoms with Gasteiger partial charge in [0.1, 0.15) is 6.04 Å². The number of aliphatic imine (C=N–C) groups is 1. The number of nitrogens with two attached hydrogens (primary N) is 1. The fraction of sp³-hybridized carbons (Fsp3) is 0.818. The highest BCUT2D eigenvalue weighted by Crippen LogP contribution is 2.07. The highest BCUT2D eigenvalue weighted by molar-refractivity contribution is 5.89. The Kier molecular flexibility index (Phi) is 6.45. The quantitative estimate of drug-likeness (QED) is 0.188. The monoisotopic (exact) mass is 257 g/mol. The number of nitrogens with one attached hydrogen (secondary N) is 2. The van der Waals surface area contributed by atoms with Crippen molar-refractivity contribution >= 4 is 11.9 Å². The molecule has 1 fully saturated rings. The first kappa shape index (κ1) is 14.7. The molecule has 0 aromatic heterocycles. The molecule has 18 heavy (non-hydrogen) atoms. The van der Waals surface area contributed by atoms with E-state index in [0.717, 1.165) is 19.4 Å². The average Bonchev–Trinajstić information content (AvgIpc) is 2.69. The summed E-state index contributed by atoms with van der Waals surface area (Å²) >= 11 is 0. The molecule has 1 rings (SSSR count). The molecule has 1 heterocycles. The van der Waals surface area contributed by atoms with Gasteiger partial charge in [-0.3, -0.25) is 15.2 Å². The van der Waals surface area contributed by atoms with Crippen molar-refractivity contribution in [2.24, 2.45) is 10.8 Å². The molecule has 0 aromatic rings. The van der Waals surface area contributed by atoms with E-state index in [0.29, 0.717) is 25.7 Å². The fourth-order valence-corrected chi connectivity index (χ4v) is 1.76. The molecule has 1 aliphatic heterocycles. The van der Waals surface area contributed by atoms with Gasteiger partial charge in [-0.05, 0) is 19.8 Å². The first-order valence-electron chi connectivity index (χ1n) is 6.29. The van der Waals surface area contributed by atoms with Crippen LogP contribution < -0.4 is 16.6 Å². The van der Waals surface area contributed by atoms with E-state index >= 15 is 0 Å². The van der Waals surface area contributed by atoms with E-state index in [9.17, 15) is 4.79 Å². The fourth-order valence-electron chi connectivity index (χ4n) is 1.76. The van der Waals surface area contributed by atoms with Gasteiger partial charge in [-0.2, -0.15) is 0 Å². The van der Waals surface area contributed by atoms with Crippen molar-refractivity contribution in [3.05, 3.63) is 0 Å². The molecule has 0 aromatic carbocycles. The smallest absolute Gasteiger partial charge is 0.244 e. The van der Waals surface area contributed by atoms with E-state index in [1.807, 2.05) is 6.92 Å². The number of hydrogen-bond donors (Lipinski definition) is 3. The highest BCUT2D eigenvalue weighted by atomic mass is 16.5. The Bertz CT molecular complexity index is 295. The van der Waals surface area contributed by atoms with Crippen LogP contribution in [0.3, 0.4) is 0 Å². The van der Waals surface area contributed by atoms with E-state index in [-0.39, 0.29) is 11.9 Å². The Morgan fingerprint density at radius 2 is 2.44 bits per heavy atom. The van der Waals surface area contributed by atoms with Gasteiger partial charge in [-0.1, -0.05) is 0 Å². The molecule has 1 unspecified atom stereocenters. The molecule has 1 atom stereocenters. The first-order valence-corrected chi connectivity index (χ1v) is 6.29. The minimum atomic E-state index is -0.225. The topological polar surface area (TPSA) is 92.0 Å². The van der Waals surface area contributed by atoms with E-state index < -0.39 is 0 Å². The number of hydrazine groups is 1. The number of hydrogen-bond acceptors (Lipinski definition) is 4. The number of ether oxygens (including phenoxy) is 1. The number of amides is 1. The molecule has 7 heteroatoms. The molecular weight excluding hydrogens is 234 g/mol. The molecule has 1 saturated heterocycles. The Morgan fingerprint density at radius 1 is 1.67 bits per heavy atom. The van der Waals surface area contributed by atoms with Gasteiger partial charge in [0.25, 0.3) is 0 Å². The Morgan fingerprint density at radius 3 is 3.00 bits per heavy atom. The Hall–Kier alpha value is -1.34. The number of guanidine groups is 1. The molecule has 104 valence electrons. The molecule has 0 spiro atoms. The summed E-state index contributed by atoms with van der Waals surface area (Å²) in [6.07, 6.45) is 1.61. The summed E-state index contributed by atoms with van der Waals surface area (Å²) in [7, 11) is 1.79. The lowest BCUT2D eigenvalue weighted by Crippen LogP contribution is -2.49. The predicted octanol–water partition coefficient (Wildman–Crippen LogP) is -0.947. The van der Waals surface area contributed by atoms with Gasteiger partial charge in [0.05, 0.1) is 0 Å². The second-order valence-corrected chi connectivity index (χ2v) is 4.17. The van der Waals surface area contributed by atoms with Gasteiger partial charge in [0.2, 0.25) is 11.9 Å². The Labute approximate surface area is 108 Å². The zero-order chi connectivity index (χ0) is 13.4. The van der Waals surface area contributed by atoms with Gasteiger partial charge in [0, 0.05) is 33.4 Å². The van der Waals surface area contributed by atoms with Crippen LogP contribution in [-0.4, -0.2) is 56.2 Å². The molecule has 7 nitrogen and oxygen atoms in total. The van der Waals surface area contributed by atoms with Crippen LogP contribution in [0.15, 0.2) is 4.99 Å². The molecule has 0 saturated carbocycles. The zero-order valence-corrected chi connectivity index (χ0v) is 11.1. The lowest BCUT2D eigenvalue weighted by molar-refractivity contribution is -0.127. The van der Waals surface area contributed by atoms with Crippen molar-refractivity contribution in [1.29, 1.82) is 0 Å². The largest absolute Gasteiger partial charge is 0.382 e. The standard InChI is InChI=1S/C11H23N5O2/c1-3-18-8-4-6-13-11(15-12)14-9-5-7-16(2)10(9)17/h9H,3-8,12H2,1-2H3,(H2,13,14,15). The molecule has 1 amide bonds. The second-order valence-electron chi connectivity index (χ2n) is 4.17. The molecular formula is C11H23N5O2. The number of carbonyl (C=O) groups is 1. The van der Waals surface area contributed by atoms with Crippen molar-refractivity contribution in [1.82, 2.24) is 15.6 Å². The molecule has 1 aliphatic rings. The van der Waals surface area contributed by atoms with E-state index in [1.54, 1.807) is 11.9 Å². The Balaban J connectivity index is 2.32. The highest BCUT2D eigenvalue weighted by Gasteiger charge is 2.29. The van der Waals surface area contributed by atoms with E-state index in [1.165, 1.54) is 0 Å². The minimum Gasteiger partial charge on any atom is -0.382 e. The SMILES string of the molecule is CCOCCCN=C(NN)NC1CCN(C)C1=O. The minimum absolute atomic E-state index is 0.0762. The summed E-state index contributed by atoms with van der Waals surface area (Å²) in [5, 5.41) is 3.02. The van der Waals surface area contributed by atoms with E-state index in [4.69, 9.17) is 10.6 Å². The van der Waals surface area contributed by atoms with Crippen molar-refractivity contribution < 1.29 is 9.53 Å². The zero-order valence-electron chi connectivity index (χ0n) is 11.1. The summed E-state index contributed by atoms with van der Waals surface area (Å²) in [6.45, 7) is 4.73. The molecule has 0 radical (unpaired) electrons. The van der Waals surface area contributed by atoms with Crippen LogP contribution in [0.1, 0.15) is 19.8 Å². The lowest BCUT2D eigenvalue weighted by atomic mass is 10.2. The maximum absolute atomic E-state index is 11.7. The summed E-state index contributed by atoms with van der Waals surface area (Å²) in [6, 6.07) is -0.225. The van der Waals surface area contributed by atoms with Crippen molar-refractivity contribution in [3.63, 3.8) is 0 Å². The molecule has 4 N–H and O–H groups in total. The van der Waals surface area contributed by atoms with Gasteiger partial charge in [0.15, 0.2) is 0 Å². The number of carbonyl (C=O) groups excluding carboxylic acids is 1. The third-order valence-electron chi connectivity index (χ3n) is 2.80. The normalized spacial score (nSPS) is 20.4. The third kappa shape index (κ3) is 4.50. The maximum atomic E-state index is 11.7. The van der Waals surface area contributed by atoms with Crippen molar-refractivity contribution in [3.8, 4) is 0 Å². The molecule has 0 bridgehead atoms. The van der Waals surface area contributed by atoms with Crippen LogP contribution in [-0.2, 0) is 9.53 Å². The van der Waals surface area contributed by atoms with Gasteiger partial charge >= 0.3 is 0 Å². The maximum Gasteiger partial charge on any atom is 0.244 e. The van der Waals surface area contributed by atoms with Gasteiger partial charge in [-0.15, -0.1) is 0 Å². The summed E-state index contributed by atoms with van der Waals surface area (Å²) in [5.74, 6) is 5.91. The van der Waals surface area contributed by atoms with Crippen molar-refractivity contribution in [2.45, 2.75) is 25.8 Å².